The first kappa shape index (κ1) is 16.4. The van der Waals surface area contributed by atoms with Crippen LogP contribution in [0.2, 0.25) is 0 Å². The van der Waals surface area contributed by atoms with Crippen LogP contribution in [0, 0.1) is 6.07 Å². The SMILES string of the molecule is [Br-].[Mg+2].[c-]1ccc(COCC2CCCO2)cc1. The molecule has 0 radical (unpaired) electrons. The van der Waals surface area contributed by atoms with Gasteiger partial charge in [0.2, 0.25) is 0 Å². The van der Waals surface area contributed by atoms with E-state index in [0.717, 1.165) is 19.6 Å². The summed E-state index contributed by atoms with van der Waals surface area (Å²) >= 11 is 0. The number of rotatable bonds is 4. The third-order valence-corrected chi connectivity index (χ3v) is 2.38. The van der Waals surface area contributed by atoms with Crippen molar-refractivity contribution in [3.63, 3.8) is 0 Å². The quantitative estimate of drug-likeness (QED) is 0.513. The van der Waals surface area contributed by atoms with Gasteiger partial charge in [-0.3, -0.25) is 0 Å². The van der Waals surface area contributed by atoms with Gasteiger partial charge in [0.05, 0.1) is 12.7 Å². The molecule has 0 N–H and O–H groups in total. The summed E-state index contributed by atoms with van der Waals surface area (Å²) < 4.78 is 11.0. The van der Waals surface area contributed by atoms with Gasteiger partial charge in [-0.2, -0.15) is 30.3 Å². The van der Waals surface area contributed by atoms with E-state index in [9.17, 15) is 0 Å². The van der Waals surface area contributed by atoms with Crippen molar-refractivity contribution in [3.05, 3.63) is 35.9 Å². The van der Waals surface area contributed by atoms with Crippen LogP contribution in [0.4, 0.5) is 0 Å². The van der Waals surface area contributed by atoms with Crippen LogP contribution in [-0.4, -0.2) is 42.4 Å². The Labute approximate surface area is 124 Å². The van der Waals surface area contributed by atoms with Crippen molar-refractivity contribution in [1.82, 2.24) is 0 Å². The number of benzene rings is 1. The Morgan fingerprint density at radius 1 is 1.38 bits per heavy atom. The second kappa shape index (κ2) is 9.42. The topological polar surface area (TPSA) is 18.5 Å². The van der Waals surface area contributed by atoms with Crippen LogP contribution < -0.4 is 17.0 Å². The van der Waals surface area contributed by atoms with Crippen molar-refractivity contribution >= 4 is 23.1 Å². The zero-order valence-corrected chi connectivity index (χ0v) is 12.3. The largest absolute Gasteiger partial charge is 2.00 e. The molecule has 0 saturated carbocycles. The molecule has 0 bridgehead atoms. The maximum Gasteiger partial charge on any atom is 2.00 e. The Hall–Kier alpha value is 0.386. The molecule has 84 valence electrons. The van der Waals surface area contributed by atoms with Crippen molar-refractivity contribution in [2.75, 3.05) is 13.2 Å². The molecule has 1 atom stereocenters. The zero-order valence-electron chi connectivity index (χ0n) is 9.32. The summed E-state index contributed by atoms with van der Waals surface area (Å²) in [6.07, 6.45) is 2.64. The molecule has 1 heterocycles. The van der Waals surface area contributed by atoms with Crippen molar-refractivity contribution in [2.24, 2.45) is 0 Å². The van der Waals surface area contributed by atoms with E-state index in [1.54, 1.807) is 0 Å². The van der Waals surface area contributed by atoms with Crippen molar-refractivity contribution in [2.45, 2.75) is 25.6 Å². The minimum atomic E-state index is 0. The fourth-order valence-electron chi connectivity index (χ4n) is 1.60. The molecule has 2 rings (SSSR count). The van der Waals surface area contributed by atoms with Crippen LogP contribution in [-0.2, 0) is 16.1 Å². The zero-order chi connectivity index (χ0) is 9.64. The summed E-state index contributed by atoms with van der Waals surface area (Å²) in [5, 5.41) is 0. The van der Waals surface area contributed by atoms with E-state index in [2.05, 4.69) is 6.07 Å². The number of ether oxygens (including phenoxy) is 2. The van der Waals surface area contributed by atoms with Crippen molar-refractivity contribution in [1.29, 1.82) is 0 Å². The van der Waals surface area contributed by atoms with Crippen LogP contribution in [0.25, 0.3) is 0 Å². The second-order valence-electron chi connectivity index (χ2n) is 3.56. The summed E-state index contributed by atoms with van der Waals surface area (Å²) in [7, 11) is 0. The average Bonchev–Trinajstić information content (AvgIpc) is 2.72. The van der Waals surface area contributed by atoms with E-state index >= 15 is 0 Å². The first-order chi connectivity index (χ1) is 6.95. The standard InChI is InChI=1S/C12H15O2.BrH.Mg/c1-2-5-11(6-3-1)9-13-10-12-7-4-8-14-12;;/h2-3,5-6,12H,4,7-10H2;1H;/q-1;;+2/p-1. The minimum Gasteiger partial charge on any atom is -1.00 e. The van der Waals surface area contributed by atoms with E-state index in [4.69, 9.17) is 9.47 Å². The predicted octanol–water partition coefficient (Wildman–Crippen LogP) is -1.19. The first-order valence-corrected chi connectivity index (χ1v) is 5.09. The van der Waals surface area contributed by atoms with Gasteiger partial charge in [-0.25, -0.2) is 0 Å². The molecule has 1 aromatic carbocycles. The summed E-state index contributed by atoms with van der Waals surface area (Å²) in [6, 6.07) is 10.8. The molecule has 1 fully saturated rings. The Morgan fingerprint density at radius 3 is 2.75 bits per heavy atom. The molecular formula is C12H15BrMgO2. The molecule has 0 amide bonds. The number of hydrogen-bond donors (Lipinski definition) is 0. The van der Waals surface area contributed by atoms with Crippen molar-refractivity contribution in [3.8, 4) is 0 Å². The van der Waals surface area contributed by atoms with Gasteiger partial charge in [0, 0.05) is 13.2 Å². The van der Waals surface area contributed by atoms with Crippen LogP contribution >= 0.6 is 0 Å². The Morgan fingerprint density at radius 2 is 2.12 bits per heavy atom. The third kappa shape index (κ3) is 5.64. The Bertz CT molecular complexity index is 263. The monoisotopic (exact) mass is 294 g/mol. The summed E-state index contributed by atoms with van der Waals surface area (Å²) in [5.74, 6) is 0. The number of hydrogen-bond acceptors (Lipinski definition) is 2. The van der Waals surface area contributed by atoms with Crippen LogP contribution in [0.3, 0.4) is 0 Å². The van der Waals surface area contributed by atoms with E-state index < -0.39 is 0 Å². The van der Waals surface area contributed by atoms with E-state index in [-0.39, 0.29) is 40.0 Å². The summed E-state index contributed by atoms with van der Waals surface area (Å²) in [4.78, 5) is 0. The van der Waals surface area contributed by atoms with Crippen LogP contribution in [0.1, 0.15) is 18.4 Å². The minimum absolute atomic E-state index is 0. The van der Waals surface area contributed by atoms with E-state index in [1.165, 1.54) is 12.0 Å². The maximum absolute atomic E-state index is 5.56. The van der Waals surface area contributed by atoms with Crippen LogP contribution in [0.15, 0.2) is 24.3 Å². The fourth-order valence-corrected chi connectivity index (χ4v) is 1.60. The summed E-state index contributed by atoms with van der Waals surface area (Å²) in [5.41, 5.74) is 1.20. The van der Waals surface area contributed by atoms with Gasteiger partial charge in [-0.15, -0.1) is 5.56 Å². The molecule has 0 aromatic heterocycles. The van der Waals surface area contributed by atoms with E-state index in [1.807, 2.05) is 24.3 Å². The number of halogens is 1. The van der Waals surface area contributed by atoms with Crippen molar-refractivity contribution < 1.29 is 26.5 Å². The van der Waals surface area contributed by atoms with Crippen LogP contribution in [0.5, 0.6) is 0 Å². The molecule has 0 spiro atoms. The molecular weight excluding hydrogens is 280 g/mol. The second-order valence-corrected chi connectivity index (χ2v) is 3.56. The molecule has 0 aliphatic carbocycles. The third-order valence-electron chi connectivity index (χ3n) is 2.38. The van der Waals surface area contributed by atoms with Gasteiger partial charge in [0.15, 0.2) is 0 Å². The molecule has 2 nitrogen and oxygen atoms in total. The first-order valence-electron chi connectivity index (χ1n) is 5.09. The average molecular weight is 295 g/mol. The normalized spacial score (nSPS) is 18.6. The molecule has 4 heteroatoms. The van der Waals surface area contributed by atoms with Gasteiger partial charge >= 0.3 is 23.1 Å². The fraction of sp³-hybridized carbons (Fsp3) is 0.500. The maximum atomic E-state index is 5.56. The van der Waals surface area contributed by atoms with Gasteiger partial charge in [0.25, 0.3) is 0 Å². The molecule has 1 unspecified atom stereocenters. The Balaban J connectivity index is 0.00000112. The van der Waals surface area contributed by atoms with Gasteiger partial charge in [0.1, 0.15) is 0 Å². The Kier molecular flexibility index (Phi) is 9.65. The van der Waals surface area contributed by atoms with Gasteiger partial charge in [-0.1, -0.05) is 0 Å². The molecule has 1 aromatic rings. The molecule has 1 aliphatic heterocycles. The van der Waals surface area contributed by atoms with Gasteiger partial charge in [-0.05, 0) is 12.8 Å². The molecule has 1 saturated heterocycles. The predicted molar refractivity (Wildman–Crippen MR) is 59.7 cm³/mol. The van der Waals surface area contributed by atoms with E-state index in [0.29, 0.717) is 12.7 Å². The smallest absolute Gasteiger partial charge is 1.00 e. The molecule has 1 aliphatic rings. The summed E-state index contributed by atoms with van der Waals surface area (Å²) in [6.45, 7) is 2.29. The van der Waals surface area contributed by atoms with Gasteiger partial charge < -0.3 is 26.5 Å². The molecule has 16 heavy (non-hydrogen) atoms.